The Morgan fingerprint density at radius 2 is 1.77 bits per heavy atom. The molecule has 30 heavy (non-hydrogen) atoms. The highest BCUT2D eigenvalue weighted by Crippen LogP contribution is 2.37. The normalized spacial score (nSPS) is 11.7. The molecule has 6 nitrogen and oxygen atoms in total. The van der Waals surface area contributed by atoms with Crippen molar-refractivity contribution in [3.05, 3.63) is 52.6 Å². The van der Waals surface area contributed by atoms with Crippen LogP contribution in [0.4, 0.5) is 14.5 Å². The second-order valence-electron chi connectivity index (χ2n) is 6.83. The molecule has 162 valence electrons. The summed E-state index contributed by atoms with van der Waals surface area (Å²) in [5.41, 5.74) is -0.604. The number of carbonyl (C=O) groups is 2. The lowest BCUT2D eigenvalue weighted by Gasteiger charge is -2.17. The van der Waals surface area contributed by atoms with Crippen molar-refractivity contribution in [2.75, 3.05) is 19.0 Å². The molecule has 0 aliphatic carbocycles. The van der Waals surface area contributed by atoms with Crippen molar-refractivity contribution in [2.45, 2.75) is 26.9 Å². The van der Waals surface area contributed by atoms with Crippen molar-refractivity contribution in [1.29, 1.82) is 0 Å². The SMILES string of the molecule is COc1cc(C(=O)OC(C)C(=O)Nc2c(F)cccc2F)cc(Cl)c1OCC(C)C. The average molecular weight is 442 g/mol. The van der Waals surface area contributed by atoms with Crippen LogP contribution in [0, 0.1) is 17.6 Å². The lowest BCUT2D eigenvalue weighted by Crippen LogP contribution is -2.30. The summed E-state index contributed by atoms with van der Waals surface area (Å²) in [4.78, 5) is 24.6. The summed E-state index contributed by atoms with van der Waals surface area (Å²) in [7, 11) is 1.39. The van der Waals surface area contributed by atoms with Crippen molar-refractivity contribution in [3.63, 3.8) is 0 Å². The van der Waals surface area contributed by atoms with Crippen molar-refractivity contribution in [3.8, 4) is 11.5 Å². The van der Waals surface area contributed by atoms with Gasteiger partial charge in [0.2, 0.25) is 0 Å². The standard InChI is InChI=1S/C21H22ClF2NO5/c1-11(2)10-29-19-14(22)8-13(9-17(19)28-4)21(27)30-12(3)20(26)25-18-15(23)6-5-7-16(18)24/h5-9,11-12H,10H2,1-4H3,(H,25,26). The molecule has 2 aromatic rings. The molecule has 0 aliphatic heterocycles. The number of rotatable bonds is 8. The molecule has 1 N–H and O–H groups in total. The molecule has 1 amide bonds. The summed E-state index contributed by atoms with van der Waals surface area (Å²) in [5, 5.41) is 2.20. The highest BCUT2D eigenvalue weighted by molar-refractivity contribution is 6.32. The molecule has 0 spiro atoms. The number of nitrogens with one attached hydrogen (secondary N) is 1. The highest BCUT2D eigenvalue weighted by Gasteiger charge is 2.23. The predicted molar refractivity (Wildman–Crippen MR) is 108 cm³/mol. The second-order valence-corrected chi connectivity index (χ2v) is 7.23. The molecule has 1 atom stereocenters. The van der Waals surface area contributed by atoms with E-state index in [1.165, 1.54) is 26.2 Å². The number of amides is 1. The van der Waals surface area contributed by atoms with Gasteiger partial charge in [0, 0.05) is 0 Å². The first-order chi connectivity index (χ1) is 14.1. The van der Waals surface area contributed by atoms with Crippen LogP contribution in [0.15, 0.2) is 30.3 Å². The van der Waals surface area contributed by atoms with Gasteiger partial charge in [-0.25, -0.2) is 13.6 Å². The number of benzene rings is 2. The molecule has 0 heterocycles. The number of hydrogen-bond donors (Lipinski definition) is 1. The molecule has 0 fully saturated rings. The van der Waals surface area contributed by atoms with Crippen molar-refractivity contribution < 1.29 is 32.6 Å². The van der Waals surface area contributed by atoms with Crippen molar-refractivity contribution in [1.82, 2.24) is 0 Å². The molecule has 0 aliphatic rings. The molecule has 0 radical (unpaired) electrons. The molecule has 2 aromatic carbocycles. The minimum Gasteiger partial charge on any atom is -0.493 e. The lowest BCUT2D eigenvalue weighted by molar-refractivity contribution is -0.123. The minimum absolute atomic E-state index is 0.0190. The Kier molecular flexibility index (Phi) is 8.00. The fourth-order valence-corrected chi connectivity index (χ4v) is 2.62. The van der Waals surface area contributed by atoms with Gasteiger partial charge in [0.25, 0.3) is 5.91 Å². The maximum atomic E-state index is 13.7. The largest absolute Gasteiger partial charge is 0.493 e. The van der Waals surface area contributed by atoms with Gasteiger partial charge >= 0.3 is 5.97 Å². The third-order valence-electron chi connectivity index (χ3n) is 3.89. The summed E-state index contributed by atoms with van der Waals surface area (Å²) in [6.07, 6.45) is -1.34. The van der Waals surface area contributed by atoms with E-state index >= 15 is 0 Å². The average Bonchev–Trinajstić information content (AvgIpc) is 2.68. The number of para-hydroxylation sites is 1. The van der Waals surface area contributed by atoms with E-state index < -0.39 is 35.3 Å². The van der Waals surface area contributed by atoms with Gasteiger partial charge in [-0.15, -0.1) is 0 Å². The quantitative estimate of drug-likeness (QED) is 0.593. The third-order valence-corrected chi connectivity index (χ3v) is 4.17. The summed E-state index contributed by atoms with van der Waals surface area (Å²) in [5.74, 6) is -2.92. The summed E-state index contributed by atoms with van der Waals surface area (Å²) in [6, 6.07) is 5.84. The molecule has 9 heteroatoms. The molecular formula is C21H22ClF2NO5. The Hall–Kier alpha value is -2.87. The number of ether oxygens (including phenoxy) is 3. The van der Waals surface area contributed by atoms with Crippen LogP contribution in [-0.2, 0) is 9.53 Å². The van der Waals surface area contributed by atoms with Crippen LogP contribution in [0.5, 0.6) is 11.5 Å². The number of hydrogen-bond acceptors (Lipinski definition) is 5. The Balaban J connectivity index is 2.12. The van der Waals surface area contributed by atoms with Gasteiger partial charge in [-0.1, -0.05) is 31.5 Å². The first-order valence-corrected chi connectivity index (χ1v) is 9.48. The van der Waals surface area contributed by atoms with Gasteiger partial charge in [-0.3, -0.25) is 4.79 Å². The molecule has 1 unspecified atom stereocenters. The number of carbonyl (C=O) groups excluding carboxylic acids is 2. The van der Waals surface area contributed by atoms with Gasteiger partial charge < -0.3 is 19.5 Å². The Morgan fingerprint density at radius 3 is 2.33 bits per heavy atom. The van der Waals surface area contributed by atoms with Gasteiger partial charge in [0.05, 0.1) is 24.3 Å². The second kappa shape index (κ2) is 10.2. The number of halogens is 3. The van der Waals surface area contributed by atoms with Gasteiger partial charge in [-0.05, 0) is 37.1 Å². The van der Waals surface area contributed by atoms with E-state index in [4.69, 9.17) is 25.8 Å². The Labute approximate surface area is 178 Å². The minimum atomic E-state index is -1.34. The van der Waals surface area contributed by atoms with E-state index in [0.717, 1.165) is 18.2 Å². The van der Waals surface area contributed by atoms with Crippen LogP contribution in [0.3, 0.4) is 0 Å². The van der Waals surface area contributed by atoms with E-state index in [2.05, 4.69) is 5.32 Å². The lowest BCUT2D eigenvalue weighted by atomic mass is 10.2. The van der Waals surface area contributed by atoms with Crippen LogP contribution >= 0.6 is 11.6 Å². The Morgan fingerprint density at radius 1 is 1.13 bits per heavy atom. The van der Waals surface area contributed by atoms with E-state index in [1.54, 1.807) is 0 Å². The molecule has 0 saturated heterocycles. The Bertz CT molecular complexity index is 916. The fraction of sp³-hybridized carbons (Fsp3) is 0.333. The molecular weight excluding hydrogens is 420 g/mol. The first-order valence-electron chi connectivity index (χ1n) is 9.10. The molecule has 2 rings (SSSR count). The third kappa shape index (κ3) is 5.82. The van der Waals surface area contributed by atoms with Crippen molar-refractivity contribution in [2.24, 2.45) is 5.92 Å². The van der Waals surface area contributed by atoms with E-state index in [0.29, 0.717) is 6.61 Å². The van der Waals surface area contributed by atoms with E-state index in [9.17, 15) is 18.4 Å². The van der Waals surface area contributed by atoms with Crippen LogP contribution in [0.25, 0.3) is 0 Å². The van der Waals surface area contributed by atoms with Crippen molar-refractivity contribution >= 4 is 29.2 Å². The number of anilines is 1. The van der Waals surface area contributed by atoms with Crippen LogP contribution < -0.4 is 14.8 Å². The summed E-state index contributed by atoms with van der Waals surface area (Å²) < 4.78 is 43.3. The maximum absolute atomic E-state index is 13.7. The van der Waals surface area contributed by atoms with Crippen LogP contribution in [0.2, 0.25) is 5.02 Å². The first kappa shape index (κ1) is 23.4. The van der Waals surface area contributed by atoms with Crippen LogP contribution in [-0.4, -0.2) is 31.7 Å². The van der Waals surface area contributed by atoms with E-state index in [-0.39, 0.29) is 28.0 Å². The molecule has 0 saturated carbocycles. The van der Waals surface area contributed by atoms with Gasteiger partial charge in [0.1, 0.15) is 17.3 Å². The zero-order valence-electron chi connectivity index (χ0n) is 16.9. The van der Waals surface area contributed by atoms with Gasteiger partial charge in [0.15, 0.2) is 17.6 Å². The number of methoxy groups -OCH3 is 1. The highest BCUT2D eigenvalue weighted by atomic mass is 35.5. The van der Waals surface area contributed by atoms with E-state index in [1.807, 2.05) is 13.8 Å². The topological polar surface area (TPSA) is 73.9 Å². The maximum Gasteiger partial charge on any atom is 0.339 e. The molecule has 0 aromatic heterocycles. The monoisotopic (exact) mass is 441 g/mol. The predicted octanol–water partition coefficient (Wildman–Crippen LogP) is 4.85. The zero-order valence-corrected chi connectivity index (χ0v) is 17.7. The zero-order chi connectivity index (χ0) is 22.4. The van der Waals surface area contributed by atoms with Gasteiger partial charge in [-0.2, -0.15) is 0 Å². The summed E-state index contributed by atoms with van der Waals surface area (Å²) >= 11 is 6.21. The smallest absolute Gasteiger partial charge is 0.339 e. The fourth-order valence-electron chi connectivity index (χ4n) is 2.35. The molecule has 0 bridgehead atoms. The summed E-state index contributed by atoms with van der Waals surface area (Å²) in [6.45, 7) is 5.59. The van der Waals surface area contributed by atoms with Crippen LogP contribution in [0.1, 0.15) is 31.1 Å². The number of esters is 1.